The van der Waals surface area contributed by atoms with Crippen molar-refractivity contribution in [2.45, 2.75) is 19.5 Å². The summed E-state index contributed by atoms with van der Waals surface area (Å²) >= 11 is 6.02. The number of hydrogen-bond acceptors (Lipinski definition) is 2. The summed E-state index contributed by atoms with van der Waals surface area (Å²) in [4.78, 5) is 15.7. The first-order chi connectivity index (χ1) is 16.1. The number of aromatic carboxylic acids is 1. The van der Waals surface area contributed by atoms with Gasteiger partial charge < -0.3 is 20.0 Å². The van der Waals surface area contributed by atoms with Crippen LogP contribution in [-0.4, -0.2) is 27.2 Å². The van der Waals surface area contributed by atoms with E-state index >= 15 is 0 Å². The minimum absolute atomic E-state index is 0.325. The molecule has 0 aliphatic rings. The van der Waals surface area contributed by atoms with Gasteiger partial charge in [0, 0.05) is 51.7 Å². The van der Waals surface area contributed by atoms with Gasteiger partial charge in [-0.25, -0.2) is 4.79 Å². The number of halogens is 1. The van der Waals surface area contributed by atoms with Crippen LogP contribution in [0.3, 0.4) is 0 Å². The van der Waals surface area contributed by atoms with E-state index < -0.39 is 5.97 Å². The fourth-order valence-electron chi connectivity index (χ4n) is 4.51. The summed E-state index contributed by atoms with van der Waals surface area (Å²) in [5, 5.41) is 16.4. The Morgan fingerprint density at radius 3 is 2.48 bits per heavy atom. The summed E-state index contributed by atoms with van der Waals surface area (Å²) in [5.74, 6) is -0.923. The topological polar surface area (TPSA) is 70.1 Å². The van der Waals surface area contributed by atoms with Gasteiger partial charge in [-0.1, -0.05) is 60.1 Å². The predicted octanol–water partition coefficient (Wildman–Crippen LogP) is 5.85. The van der Waals surface area contributed by atoms with E-state index in [0.717, 1.165) is 40.5 Å². The highest BCUT2D eigenvalue weighted by Crippen LogP contribution is 2.28. The molecule has 2 heterocycles. The molecule has 6 heteroatoms. The fourth-order valence-corrected chi connectivity index (χ4v) is 4.64. The van der Waals surface area contributed by atoms with Crippen molar-refractivity contribution in [2.24, 2.45) is 0 Å². The van der Waals surface area contributed by atoms with Crippen LogP contribution < -0.4 is 5.32 Å². The van der Waals surface area contributed by atoms with Crippen molar-refractivity contribution in [2.75, 3.05) is 6.54 Å². The van der Waals surface area contributed by atoms with E-state index in [4.69, 9.17) is 11.6 Å². The third kappa shape index (κ3) is 4.25. The van der Waals surface area contributed by atoms with E-state index in [1.165, 1.54) is 10.9 Å². The van der Waals surface area contributed by atoms with Crippen molar-refractivity contribution in [3.05, 3.63) is 106 Å². The molecule has 3 N–H and O–H groups in total. The van der Waals surface area contributed by atoms with Crippen LogP contribution in [0.15, 0.2) is 79.0 Å². The summed E-state index contributed by atoms with van der Waals surface area (Å²) in [6, 6.07) is 23.7. The van der Waals surface area contributed by atoms with Crippen LogP contribution in [0.25, 0.3) is 21.8 Å². The van der Waals surface area contributed by atoms with Gasteiger partial charge in [0.1, 0.15) is 5.69 Å². The maximum absolute atomic E-state index is 12.3. The number of fused-ring (bicyclic) bond motifs is 2. The van der Waals surface area contributed by atoms with Crippen molar-refractivity contribution >= 4 is 39.4 Å². The third-order valence-electron chi connectivity index (χ3n) is 6.08. The van der Waals surface area contributed by atoms with Crippen LogP contribution >= 0.6 is 11.6 Å². The van der Waals surface area contributed by atoms with Gasteiger partial charge in [-0.05, 0) is 48.4 Å². The van der Waals surface area contributed by atoms with E-state index in [9.17, 15) is 9.90 Å². The van der Waals surface area contributed by atoms with Gasteiger partial charge in [0.25, 0.3) is 0 Å². The van der Waals surface area contributed by atoms with Gasteiger partial charge in [0.05, 0.1) is 0 Å². The number of carboxylic acid groups (broad SMARTS) is 1. The molecule has 5 nitrogen and oxygen atoms in total. The lowest BCUT2D eigenvalue weighted by Crippen LogP contribution is -2.19. The highest BCUT2D eigenvalue weighted by atomic mass is 35.5. The monoisotopic (exact) mass is 457 g/mol. The zero-order valence-corrected chi connectivity index (χ0v) is 18.8. The number of nitrogens with one attached hydrogen (secondary N) is 2. The molecule has 0 aliphatic heterocycles. The molecule has 5 aromatic rings. The lowest BCUT2D eigenvalue weighted by atomic mass is 10.1. The minimum Gasteiger partial charge on any atom is -0.477 e. The molecule has 0 unspecified atom stereocenters. The second-order valence-electron chi connectivity index (χ2n) is 8.15. The Bertz CT molecular complexity index is 1430. The van der Waals surface area contributed by atoms with Crippen molar-refractivity contribution in [1.29, 1.82) is 0 Å². The minimum atomic E-state index is -0.923. The van der Waals surface area contributed by atoms with Crippen molar-refractivity contribution in [3.8, 4) is 0 Å². The van der Waals surface area contributed by atoms with Gasteiger partial charge >= 0.3 is 5.97 Å². The van der Waals surface area contributed by atoms with Gasteiger partial charge in [-0.2, -0.15) is 0 Å². The first kappa shape index (κ1) is 21.3. The molecule has 3 aromatic carbocycles. The van der Waals surface area contributed by atoms with Gasteiger partial charge in [-0.3, -0.25) is 0 Å². The smallest absolute Gasteiger partial charge is 0.352 e. The predicted molar refractivity (Wildman–Crippen MR) is 133 cm³/mol. The number of aromatic nitrogens is 2. The Kier molecular flexibility index (Phi) is 5.90. The van der Waals surface area contributed by atoms with Gasteiger partial charge in [0.15, 0.2) is 0 Å². The van der Waals surface area contributed by atoms with E-state index in [-0.39, 0.29) is 0 Å². The molecule has 0 fully saturated rings. The van der Waals surface area contributed by atoms with Crippen molar-refractivity contribution < 1.29 is 9.90 Å². The highest BCUT2D eigenvalue weighted by Gasteiger charge is 2.22. The lowest BCUT2D eigenvalue weighted by molar-refractivity contribution is 0.0685. The number of H-pyrrole nitrogens is 1. The van der Waals surface area contributed by atoms with Crippen LogP contribution in [0.2, 0.25) is 5.02 Å². The summed E-state index contributed by atoms with van der Waals surface area (Å²) in [5.41, 5.74) is 5.43. The maximum atomic E-state index is 12.3. The van der Waals surface area contributed by atoms with E-state index in [0.29, 0.717) is 23.8 Å². The number of benzene rings is 3. The number of rotatable bonds is 8. The first-order valence-electron chi connectivity index (χ1n) is 11.0. The summed E-state index contributed by atoms with van der Waals surface area (Å²) in [6.07, 6.45) is 2.91. The van der Waals surface area contributed by atoms with Crippen LogP contribution in [0, 0.1) is 0 Å². The average molecular weight is 458 g/mol. The Labute approximate surface area is 196 Å². The van der Waals surface area contributed by atoms with Crippen molar-refractivity contribution in [3.63, 3.8) is 0 Å². The molecule has 2 aromatic heterocycles. The lowest BCUT2D eigenvalue weighted by Gasteiger charge is -2.10. The molecule has 5 rings (SSSR count). The second-order valence-corrected chi connectivity index (χ2v) is 8.58. The van der Waals surface area contributed by atoms with E-state index in [1.54, 1.807) is 0 Å². The standard InChI is InChI=1S/C27H24ClN3O2/c28-20-11-9-18(10-12-20)17-31-25-8-4-2-6-22(25)23(26(31)27(32)33)16-29-14-13-19-15-30-24-7-3-1-5-21(19)24/h1-12,15,29-30H,13-14,16-17H2,(H,32,33). The molecule has 166 valence electrons. The number of para-hydroxylation sites is 2. The average Bonchev–Trinajstić information content (AvgIpc) is 3.38. The normalized spacial score (nSPS) is 11.4. The van der Waals surface area contributed by atoms with Gasteiger partial charge in [-0.15, -0.1) is 0 Å². The Balaban J connectivity index is 1.40. The van der Waals surface area contributed by atoms with Crippen LogP contribution in [0.5, 0.6) is 0 Å². The largest absolute Gasteiger partial charge is 0.477 e. The van der Waals surface area contributed by atoms with Crippen LogP contribution in [0.4, 0.5) is 0 Å². The summed E-state index contributed by atoms with van der Waals surface area (Å²) in [6.45, 7) is 1.70. The maximum Gasteiger partial charge on any atom is 0.352 e. The summed E-state index contributed by atoms with van der Waals surface area (Å²) in [7, 11) is 0. The zero-order valence-electron chi connectivity index (χ0n) is 18.0. The number of nitrogens with zero attached hydrogens (tertiary/aromatic N) is 1. The number of carboxylic acids is 1. The molecule has 0 saturated carbocycles. The Morgan fingerprint density at radius 1 is 0.970 bits per heavy atom. The molecular weight excluding hydrogens is 434 g/mol. The Hall–Kier alpha value is -3.54. The molecule has 0 saturated heterocycles. The summed E-state index contributed by atoms with van der Waals surface area (Å²) < 4.78 is 1.89. The molecule has 0 amide bonds. The first-order valence-corrected chi connectivity index (χ1v) is 11.3. The Morgan fingerprint density at radius 2 is 1.70 bits per heavy atom. The second kappa shape index (κ2) is 9.14. The van der Waals surface area contributed by atoms with E-state index in [1.807, 2.05) is 71.4 Å². The molecular formula is C27H24ClN3O2. The third-order valence-corrected chi connectivity index (χ3v) is 6.33. The van der Waals surface area contributed by atoms with Crippen LogP contribution in [-0.2, 0) is 19.5 Å². The zero-order chi connectivity index (χ0) is 22.8. The van der Waals surface area contributed by atoms with Crippen LogP contribution in [0.1, 0.15) is 27.2 Å². The molecule has 0 spiro atoms. The SMILES string of the molecule is O=C(O)c1c(CNCCc2c[nH]c3ccccc23)c2ccccc2n1Cc1ccc(Cl)cc1. The van der Waals surface area contributed by atoms with Gasteiger partial charge in [0.2, 0.25) is 0 Å². The number of carbonyl (C=O) groups is 1. The number of aromatic amines is 1. The molecule has 33 heavy (non-hydrogen) atoms. The molecule has 0 atom stereocenters. The molecule has 0 bridgehead atoms. The van der Waals surface area contributed by atoms with Crippen molar-refractivity contribution in [1.82, 2.24) is 14.9 Å². The quantitative estimate of drug-likeness (QED) is 0.256. The molecule has 0 radical (unpaired) electrons. The highest BCUT2D eigenvalue weighted by molar-refractivity contribution is 6.30. The fraction of sp³-hybridized carbons (Fsp3) is 0.148. The molecule has 0 aliphatic carbocycles. The number of hydrogen-bond donors (Lipinski definition) is 3. The van der Waals surface area contributed by atoms with E-state index in [2.05, 4.69) is 22.4 Å².